The van der Waals surface area contributed by atoms with Crippen LogP contribution in [-0.4, -0.2) is 35.6 Å². The van der Waals surface area contributed by atoms with E-state index in [1.54, 1.807) is 0 Å². The highest BCUT2D eigenvalue weighted by Crippen LogP contribution is 2.30. The lowest BCUT2D eigenvalue weighted by Gasteiger charge is -2.34. The highest BCUT2D eigenvalue weighted by atomic mass is 16.5. The highest BCUT2D eigenvalue weighted by molar-refractivity contribution is 5.31. The summed E-state index contributed by atoms with van der Waals surface area (Å²) in [6.07, 6.45) is 11.1. The number of nitrogens with two attached hydrogens (primary N) is 1. The molecule has 0 saturated heterocycles. The number of hydrogen-bond donors (Lipinski definition) is 3. The molecular formula is C22H39NO3. The molecule has 4 heteroatoms. The number of unbranched alkanes of at least 4 members (excludes halogenated alkanes) is 7. The molecule has 0 aliphatic rings. The third-order valence-corrected chi connectivity index (χ3v) is 5.24. The van der Waals surface area contributed by atoms with Crippen molar-refractivity contribution in [1.82, 2.24) is 0 Å². The minimum Gasteiger partial charge on any atom is -0.494 e. The van der Waals surface area contributed by atoms with E-state index in [1.165, 1.54) is 44.9 Å². The third-order valence-electron chi connectivity index (χ3n) is 5.24. The largest absolute Gasteiger partial charge is 0.494 e. The van der Waals surface area contributed by atoms with Crippen LogP contribution in [0.3, 0.4) is 0 Å². The average Bonchev–Trinajstić information content (AvgIpc) is 2.68. The Morgan fingerprint density at radius 1 is 0.885 bits per heavy atom. The van der Waals surface area contributed by atoms with Crippen molar-refractivity contribution < 1.29 is 14.9 Å². The van der Waals surface area contributed by atoms with E-state index < -0.39 is 5.54 Å². The van der Waals surface area contributed by atoms with Crippen LogP contribution in [-0.2, 0) is 0 Å². The van der Waals surface area contributed by atoms with Gasteiger partial charge in [-0.25, -0.2) is 0 Å². The van der Waals surface area contributed by atoms with Gasteiger partial charge in [-0.2, -0.15) is 0 Å². The Morgan fingerprint density at radius 2 is 1.42 bits per heavy atom. The zero-order valence-electron chi connectivity index (χ0n) is 16.8. The van der Waals surface area contributed by atoms with E-state index in [0.717, 1.165) is 30.8 Å². The summed E-state index contributed by atoms with van der Waals surface area (Å²) in [4.78, 5) is 0. The van der Waals surface area contributed by atoms with E-state index >= 15 is 0 Å². The van der Waals surface area contributed by atoms with E-state index in [1.807, 2.05) is 31.2 Å². The molecule has 0 bridgehead atoms. The molecule has 0 heterocycles. The monoisotopic (exact) mass is 365 g/mol. The number of aliphatic hydroxyl groups is 2. The molecule has 4 N–H and O–H groups in total. The van der Waals surface area contributed by atoms with Crippen LogP contribution in [0.15, 0.2) is 24.3 Å². The van der Waals surface area contributed by atoms with Gasteiger partial charge in [0, 0.05) is 5.92 Å². The van der Waals surface area contributed by atoms with Gasteiger partial charge >= 0.3 is 0 Å². The van der Waals surface area contributed by atoms with E-state index in [2.05, 4.69) is 6.92 Å². The highest BCUT2D eigenvalue weighted by Gasteiger charge is 2.33. The molecule has 1 aromatic rings. The second-order valence-electron chi connectivity index (χ2n) is 7.40. The summed E-state index contributed by atoms with van der Waals surface area (Å²) in [6.45, 7) is 4.54. The van der Waals surface area contributed by atoms with E-state index in [0.29, 0.717) is 0 Å². The normalized spacial score (nSPS) is 13.0. The van der Waals surface area contributed by atoms with Gasteiger partial charge in [-0.15, -0.1) is 0 Å². The molecule has 0 amide bonds. The van der Waals surface area contributed by atoms with Crippen LogP contribution in [0.2, 0.25) is 0 Å². The van der Waals surface area contributed by atoms with E-state index in [-0.39, 0.29) is 19.1 Å². The molecule has 0 radical (unpaired) electrons. The van der Waals surface area contributed by atoms with Crippen molar-refractivity contribution in [2.24, 2.45) is 5.73 Å². The fourth-order valence-electron chi connectivity index (χ4n) is 3.47. The molecule has 4 nitrogen and oxygen atoms in total. The maximum atomic E-state index is 9.54. The van der Waals surface area contributed by atoms with Gasteiger partial charge in [-0.3, -0.25) is 0 Å². The Bertz CT molecular complexity index is 457. The van der Waals surface area contributed by atoms with Crippen molar-refractivity contribution in [3.63, 3.8) is 0 Å². The first-order valence-electron chi connectivity index (χ1n) is 10.3. The summed E-state index contributed by atoms with van der Waals surface area (Å²) in [5, 5.41) is 19.1. The smallest absolute Gasteiger partial charge is 0.119 e. The van der Waals surface area contributed by atoms with Crippen LogP contribution >= 0.6 is 0 Å². The van der Waals surface area contributed by atoms with E-state index in [4.69, 9.17) is 10.5 Å². The van der Waals surface area contributed by atoms with Crippen LogP contribution in [0, 0.1) is 0 Å². The number of benzene rings is 1. The molecule has 0 aromatic heterocycles. The van der Waals surface area contributed by atoms with Gasteiger partial charge in [0.05, 0.1) is 25.4 Å². The molecule has 0 aliphatic carbocycles. The minimum atomic E-state index is -0.992. The summed E-state index contributed by atoms with van der Waals surface area (Å²) in [7, 11) is 0. The Labute approximate surface area is 159 Å². The second-order valence-corrected chi connectivity index (χ2v) is 7.40. The fraction of sp³-hybridized carbons (Fsp3) is 0.727. The lowest BCUT2D eigenvalue weighted by atomic mass is 9.79. The Kier molecular flexibility index (Phi) is 11.6. The van der Waals surface area contributed by atoms with Crippen LogP contribution in [0.1, 0.15) is 83.1 Å². The molecule has 1 atom stereocenters. The second kappa shape index (κ2) is 13.1. The topological polar surface area (TPSA) is 75.7 Å². The SMILES string of the molecule is CCCCCCCCCCOc1ccc(C(CC)C(N)(CO)CO)cc1. The summed E-state index contributed by atoms with van der Waals surface area (Å²) in [6, 6.07) is 7.89. The summed E-state index contributed by atoms with van der Waals surface area (Å²) < 4.78 is 5.83. The average molecular weight is 366 g/mol. The zero-order chi connectivity index (χ0) is 19.3. The number of aliphatic hydroxyl groups excluding tert-OH is 2. The predicted molar refractivity (Wildman–Crippen MR) is 109 cm³/mol. The van der Waals surface area contributed by atoms with Gasteiger partial charge in [0.1, 0.15) is 5.75 Å². The first-order chi connectivity index (χ1) is 12.6. The third kappa shape index (κ3) is 7.65. The molecule has 0 aliphatic heterocycles. The summed E-state index contributed by atoms with van der Waals surface area (Å²) >= 11 is 0. The maximum absolute atomic E-state index is 9.54. The summed E-state index contributed by atoms with van der Waals surface area (Å²) in [5.41, 5.74) is 6.19. The Balaban J connectivity index is 2.34. The van der Waals surface area contributed by atoms with Gasteiger partial charge < -0.3 is 20.7 Å². The minimum absolute atomic E-state index is 0.0840. The molecule has 0 saturated carbocycles. The van der Waals surface area contributed by atoms with Crippen LogP contribution in [0.25, 0.3) is 0 Å². The van der Waals surface area contributed by atoms with Crippen LogP contribution in [0.4, 0.5) is 0 Å². The first-order valence-corrected chi connectivity index (χ1v) is 10.3. The molecule has 0 fully saturated rings. The standard InChI is InChI=1S/C22H39NO3/c1-3-5-6-7-8-9-10-11-16-26-20-14-12-19(13-15-20)21(4-2)22(23,17-24)18-25/h12-15,21,24-25H,3-11,16-18,23H2,1-2H3. The molecule has 150 valence electrons. The molecular weight excluding hydrogens is 326 g/mol. The van der Waals surface area contributed by atoms with Crippen molar-refractivity contribution in [3.8, 4) is 5.75 Å². The van der Waals surface area contributed by atoms with Gasteiger partial charge in [0.15, 0.2) is 0 Å². The van der Waals surface area contributed by atoms with E-state index in [9.17, 15) is 10.2 Å². The molecule has 1 unspecified atom stereocenters. The van der Waals surface area contributed by atoms with Crippen LogP contribution in [0.5, 0.6) is 5.75 Å². The van der Waals surface area contributed by atoms with Crippen molar-refractivity contribution >= 4 is 0 Å². The van der Waals surface area contributed by atoms with Crippen LogP contribution < -0.4 is 10.5 Å². The fourth-order valence-corrected chi connectivity index (χ4v) is 3.47. The summed E-state index contributed by atoms with van der Waals surface area (Å²) in [5.74, 6) is 0.779. The molecule has 26 heavy (non-hydrogen) atoms. The van der Waals surface area contributed by atoms with Gasteiger partial charge in [-0.05, 0) is 30.5 Å². The molecule has 1 rings (SSSR count). The number of hydrogen-bond acceptors (Lipinski definition) is 4. The maximum Gasteiger partial charge on any atom is 0.119 e. The van der Waals surface area contributed by atoms with Gasteiger partial charge in [-0.1, -0.05) is 70.9 Å². The first kappa shape index (κ1) is 22.9. The van der Waals surface area contributed by atoms with Gasteiger partial charge in [0.2, 0.25) is 0 Å². The predicted octanol–water partition coefficient (Wildman–Crippen LogP) is 4.38. The lowest BCUT2D eigenvalue weighted by molar-refractivity contribution is 0.0983. The van der Waals surface area contributed by atoms with Crippen molar-refractivity contribution in [3.05, 3.63) is 29.8 Å². The Morgan fingerprint density at radius 3 is 1.92 bits per heavy atom. The quantitative estimate of drug-likeness (QED) is 0.403. The number of rotatable bonds is 15. The number of ether oxygens (including phenoxy) is 1. The van der Waals surface area contributed by atoms with Crippen molar-refractivity contribution in [2.75, 3.05) is 19.8 Å². The molecule has 1 aromatic carbocycles. The van der Waals surface area contributed by atoms with Gasteiger partial charge in [0.25, 0.3) is 0 Å². The lowest BCUT2D eigenvalue weighted by Crippen LogP contribution is -2.52. The van der Waals surface area contributed by atoms with Crippen molar-refractivity contribution in [2.45, 2.75) is 83.1 Å². The zero-order valence-corrected chi connectivity index (χ0v) is 16.8. The molecule has 0 spiro atoms. The van der Waals surface area contributed by atoms with Crippen molar-refractivity contribution in [1.29, 1.82) is 0 Å². The Hall–Kier alpha value is -1.10.